The van der Waals surface area contributed by atoms with Gasteiger partial charge in [-0.15, -0.1) is 0 Å². The average molecular weight is 186 g/mol. The molecule has 3 nitrogen and oxygen atoms in total. The second-order valence-electron chi connectivity index (χ2n) is 4.15. The molecule has 0 aliphatic heterocycles. The fourth-order valence-corrected chi connectivity index (χ4v) is 1.25. The van der Waals surface area contributed by atoms with Gasteiger partial charge in [-0.25, -0.2) is 4.79 Å². The summed E-state index contributed by atoms with van der Waals surface area (Å²) in [5.74, 6) is 0. The van der Waals surface area contributed by atoms with Gasteiger partial charge in [0.25, 0.3) is 0 Å². The lowest BCUT2D eigenvalue weighted by Crippen LogP contribution is -2.50. The van der Waals surface area contributed by atoms with Crippen molar-refractivity contribution in [3.63, 3.8) is 0 Å². The minimum absolute atomic E-state index is 0.0388. The van der Waals surface area contributed by atoms with E-state index in [0.29, 0.717) is 0 Å². The van der Waals surface area contributed by atoms with Crippen LogP contribution in [0.5, 0.6) is 0 Å². The molecule has 0 atom stereocenters. The van der Waals surface area contributed by atoms with E-state index in [2.05, 4.69) is 5.32 Å². The number of hydrogen-bond donors (Lipinski definition) is 1. The SMILES string of the molecule is CCCNC(=O)N(CC)C(C)(C)C. The summed E-state index contributed by atoms with van der Waals surface area (Å²) in [4.78, 5) is 13.4. The minimum atomic E-state index is -0.0907. The van der Waals surface area contributed by atoms with Gasteiger partial charge in [-0.3, -0.25) is 0 Å². The fraction of sp³-hybridized carbons (Fsp3) is 0.900. The molecule has 0 radical (unpaired) electrons. The maximum Gasteiger partial charge on any atom is 0.317 e. The highest BCUT2D eigenvalue weighted by Gasteiger charge is 2.23. The van der Waals surface area contributed by atoms with Crippen LogP contribution in [0, 0.1) is 0 Å². The first kappa shape index (κ1) is 12.3. The van der Waals surface area contributed by atoms with Crippen molar-refractivity contribution in [2.45, 2.75) is 46.6 Å². The lowest BCUT2D eigenvalue weighted by Gasteiger charge is -2.34. The van der Waals surface area contributed by atoms with Crippen molar-refractivity contribution in [1.29, 1.82) is 0 Å². The van der Waals surface area contributed by atoms with Crippen LogP contribution in [0.4, 0.5) is 4.79 Å². The molecule has 13 heavy (non-hydrogen) atoms. The van der Waals surface area contributed by atoms with Crippen LogP contribution >= 0.6 is 0 Å². The van der Waals surface area contributed by atoms with E-state index < -0.39 is 0 Å². The number of carbonyl (C=O) groups is 1. The zero-order valence-electron chi connectivity index (χ0n) is 9.48. The van der Waals surface area contributed by atoms with E-state index in [1.54, 1.807) is 0 Å². The van der Waals surface area contributed by atoms with Gasteiger partial charge in [-0.1, -0.05) is 6.92 Å². The van der Waals surface area contributed by atoms with Gasteiger partial charge >= 0.3 is 6.03 Å². The Morgan fingerprint density at radius 1 is 1.31 bits per heavy atom. The Hall–Kier alpha value is -0.730. The quantitative estimate of drug-likeness (QED) is 0.720. The first-order valence-electron chi connectivity index (χ1n) is 4.99. The van der Waals surface area contributed by atoms with Crippen molar-refractivity contribution in [2.75, 3.05) is 13.1 Å². The Kier molecular flexibility index (Phi) is 4.81. The summed E-state index contributed by atoms with van der Waals surface area (Å²) in [6.45, 7) is 11.7. The summed E-state index contributed by atoms with van der Waals surface area (Å²) in [6, 6.07) is 0.0388. The van der Waals surface area contributed by atoms with Gasteiger partial charge in [0.05, 0.1) is 0 Å². The largest absolute Gasteiger partial charge is 0.338 e. The van der Waals surface area contributed by atoms with Crippen molar-refractivity contribution < 1.29 is 4.79 Å². The van der Waals surface area contributed by atoms with E-state index in [0.717, 1.165) is 19.5 Å². The van der Waals surface area contributed by atoms with Crippen LogP contribution in [0.3, 0.4) is 0 Å². The molecule has 0 aromatic carbocycles. The monoisotopic (exact) mass is 186 g/mol. The van der Waals surface area contributed by atoms with Crippen molar-refractivity contribution in [1.82, 2.24) is 10.2 Å². The molecule has 2 amide bonds. The highest BCUT2D eigenvalue weighted by Crippen LogP contribution is 2.12. The molecule has 0 aromatic heterocycles. The second-order valence-corrected chi connectivity index (χ2v) is 4.15. The molecule has 1 N–H and O–H groups in total. The van der Waals surface area contributed by atoms with Crippen molar-refractivity contribution >= 4 is 6.03 Å². The van der Waals surface area contributed by atoms with Gasteiger partial charge in [0.1, 0.15) is 0 Å². The van der Waals surface area contributed by atoms with Crippen molar-refractivity contribution in [3.05, 3.63) is 0 Å². The highest BCUT2D eigenvalue weighted by atomic mass is 16.2. The molecular formula is C10H22N2O. The third-order valence-corrected chi connectivity index (χ3v) is 1.90. The van der Waals surface area contributed by atoms with Crippen LogP contribution in [0.2, 0.25) is 0 Å². The maximum absolute atomic E-state index is 11.6. The number of nitrogens with zero attached hydrogens (tertiary/aromatic N) is 1. The number of carbonyl (C=O) groups excluding carboxylic acids is 1. The van der Waals surface area contributed by atoms with Gasteiger partial charge in [0, 0.05) is 18.6 Å². The third-order valence-electron chi connectivity index (χ3n) is 1.90. The fourth-order valence-electron chi connectivity index (χ4n) is 1.25. The molecule has 0 heterocycles. The maximum atomic E-state index is 11.6. The lowest BCUT2D eigenvalue weighted by atomic mass is 10.1. The molecule has 0 unspecified atom stereocenters. The van der Waals surface area contributed by atoms with E-state index in [1.807, 2.05) is 39.5 Å². The summed E-state index contributed by atoms with van der Waals surface area (Å²) in [5, 5.41) is 2.88. The minimum Gasteiger partial charge on any atom is -0.338 e. The summed E-state index contributed by atoms with van der Waals surface area (Å²) in [5.41, 5.74) is -0.0907. The van der Waals surface area contributed by atoms with Crippen molar-refractivity contribution in [2.24, 2.45) is 0 Å². The number of urea groups is 1. The average Bonchev–Trinajstić information content (AvgIpc) is 1.99. The second kappa shape index (κ2) is 5.10. The Bertz CT molecular complexity index is 161. The first-order chi connectivity index (χ1) is 5.93. The summed E-state index contributed by atoms with van der Waals surface area (Å²) in [7, 11) is 0. The van der Waals surface area contributed by atoms with Crippen LogP contribution in [0.25, 0.3) is 0 Å². The van der Waals surface area contributed by atoms with Gasteiger partial charge in [-0.05, 0) is 34.1 Å². The van der Waals surface area contributed by atoms with E-state index in [4.69, 9.17) is 0 Å². The van der Waals surface area contributed by atoms with Gasteiger partial charge in [-0.2, -0.15) is 0 Å². The number of rotatable bonds is 3. The first-order valence-corrected chi connectivity index (χ1v) is 4.99. The number of nitrogens with one attached hydrogen (secondary N) is 1. The van der Waals surface area contributed by atoms with Gasteiger partial charge < -0.3 is 10.2 Å². The molecule has 0 aliphatic carbocycles. The van der Waals surface area contributed by atoms with Crippen molar-refractivity contribution in [3.8, 4) is 0 Å². The summed E-state index contributed by atoms with van der Waals surface area (Å²) >= 11 is 0. The lowest BCUT2D eigenvalue weighted by molar-refractivity contribution is 0.150. The molecule has 0 fully saturated rings. The number of hydrogen-bond acceptors (Lipinski definition) is 1. The zero-order valence-corrected chi connectivity index (χ0v) is 9.48. The van der Waals surface area contributed by atoms with Crippen LogP contribution in [-0.4, -0.2) is 29.6 Å². The summed E-state index contributed by atoms with van der Waals surface area (Å²) in [6.07, 6.45) is 0.980. The molecule has 0 rings (SSSR count). The third kappa shape index (κ3) is 4.15. The van der Waals surface area contributed by atoms with Crippen LogP contribution in [0.1, 0.15) is 41.0 Å². The Morgan fingerprint density at radius 3 is 2.15 bits per heavy atom. The predicted octanol–water partition coefficient (Wildman–Crippen LogP) is 2.23. The molecule has 0 saturated carbocycles. The number of amides is 2. The molecule has 0 saturated heterocycles. The normalized spacial score (nSPS) is 11.2. The Morgan fingerprint density at radius 2 is 1.85 bits per heavy atom. The van der Waals surface area contributed by atoms with Gasteiger partial charge in [0.2, 0.25) is 0 Å². The highest BCUT2D eigenvalue weighted by molar-refractivity contribution is 5.74. The molecule has 0 spiro atoms. The summed E-state index contributed by atoms with van der Waals surface area (Å²) < 4.78 is 0. The van der Waals surface area contributed by atoms with E-state index in [9.17, 15) is 4.79 Å². The van der Waals surface area contributed by atoms with Crippen LogP contribution < -0.4 is 5.32 Å². The molecule has 0 bridgehead atoms. The standard InChI is InChI=1S/C10H22N2O/c1-6-8-11-9(13)12(7-2)10(3,4)5/h6-8H2,1-5H3,(H,11,13). The molecule has 0 aromatic rings. The van der Waals surface area contributed by atoms with E-state index in [1.165, 1.54) is 0 Å². The molecule has 0 aliphatic rings. The van der Waals surface area contributed by atoms with E-state index in [-0.39, 0.29) is 11.6 Å². The molecule has 3 heteroatoms. The van der Waals surface area contributed by atoms with Gasteiger partial charge in [0.15, 0.2) is 0 Å². The van der Waals surface area contributed by atoms with Crippen LogP contribution in [-0.2, 0) is 0 Å². The zero-order chi connectivity index (χ0) is 10.5. The smallest absolute Gasteiger partial charge is 0.317 e. The Labute approximate surface area is 81.5 Å². The Balaban J connectivity index is 4.16. The van der Waals surface area contributed by atoms with E-state index >= 15 is 0 Å². The molecule has 78 valence electrons. The topological polar surface area (TPSA) is 32.3 Å². The molecular weight excluding hydrogens is 164 g/mol. The predicted molar refractivity (Wildman–Crippen MR) is 55.8 cm³/mol. The van der Waals surface area contributed by atoms with Crippen LogP contribution in [0.15, 0.2) is 0 Å².